The highest BCUT2D eigenvalue weighted by atomic mass is 16.3. The van der Waals surface area contributed by atoms with Gasteiger partial charge in [-0.25, -0.2) is 0 Å². The molecular weight excluding hydrogens is 238 g/mol. The summed E-state index contributed by atoms with van der Waals surface area (Å²) in [6.07, 6.45) is 0.550. The molecule has 3 nitrogen and oxygen atoms in total. The molecule has 0 aromatic heterocycles. The van der Waals surface area contributed by atoms with Gasteiger partial charge in [0.25, 0.3) is 0 Å². The van der Waals surface area contributed by atoms with Crippen LogP contribution >= 0.6 is 0 Å². The van der Waals surface area contributed by atoms with E-state index in [4.69, 9.17) is 0 Å². The summed E-state index contributed by atoms with van der Waals surface area (Å²) < 4.78 is 0. The Bertz CT molecular complexity index is 596. The average molecular weight is 253 g/mol. The third-order valence-corrected chi connectivity index (χ3v) is 3.25. The molecule has 96 valence electrons. The van der Waals surface area contributed by atoms with Gasteiger partial charge in [0.1, 0.15) is 11.5 Å². The van der Waals surface area contributed by atoms with Gasteiger partial charge in [0.2, 0.25) is 0 Å². The highest BCUT2D eigenvalue weighted by Crippen LogP contribution is 2.29. The minimum atomic E-state index is -0.662. The molecule has 0 radical (unpaired) electrons. The first-order chi connectivity index (χ1) is 9.03. The predicted molar refractivity (Wildman–Crippen MR) is 72.9 cm³/mol. The summed E-state index contributed by atoms with van der Waals surface area (Å²) in [7, 11) is 0. The molecule has 0 amide bonds. The summed E-state index contributed by atoms with van der Waals surface area (Å²) in [6, 6.07) is 15.9. The Kier molecular flexibility index (Phi) is 3.43. The Balaban J connectivity index is 2.30. The van der Waals surface area contributed by atoms with Gasteiger partial charge in [0.15, 0.2) is 0 Å². The van der Waals surface area contributed by atoms with Gasteiger partial charge in [-0.2, -0.15) is 5.26 Å². The second kappa shape index (κ2) is 5.03. The topological polar surface area (TPSA) is 64.2 Å². The zero-order valence-corrected chi connectivity index (χ0v) is 10.7. The third-order valence-electron chi connectivity index (χ3n) is 3.25. The molecule has 0 saturated heterocycles. The number of phenols is 2. The maximum Gasteiger partial charge on any atom is 0.115 e. The van der Waals surface area contributed by atoms with E-state index >= 15 is 0 Å². The average Bonchev–Trinajstić information content (AvgIpc) is 2.42. The molecule has 0 spiro atoms. The number of phenolic OH excluding ortho intramolecular Hbond substituents is 2. The lowest BCUT2D eigenvalue weighted by molar-refractivity contribution is 0.473. The van der Waals surface area contributed by atoms with Crippen LogP contribution in [0.15, 0.2) is 48.5 Å². The van der Waals surface area contributed by atoms with Crippen molar-refractivity contribution >= 4 is 0 Å². The van der Waals surface area contributed by atoms with Crippen molar-refractivity contribution in [1.82, 2.24) is 0 Å². The minimum absolute atomic E-state index is 0.189. The molecule has 2 aromatic carbocycles. The number of nitrogens with zero attached hydrogens (tertiary/aromatic N) is 1. The number of hydrogen-bond donors (Lipinski definition) is 2. The predicted octanol–water partition coefficient (Wildman–Crippen LogP) is 3.12. The monoisotopic (exact) mass is 253 g/mol. The first-order valence-corrected chi connectivity index (χ1v) is 6.02. The van der Waals surface area contributed by atoms with Gasteiger partial charge in [-0.05, 0) is 48.7 Å². The number of benzene rings is 2. The van der Waals surface area contributed by atoms with Crippen LogP contribution in [0, 0.1) is 11.3 Å². The van der Waals surface area contributed by atoms with E-state index < -0.39 is 5.41 Å². The Morgan fingerprint density at radius 1 is 0.947 bits per heavy atom. The van der Waals surface area contributed by atoms with Crippen LogP contribution in [0.1, 0.15) is 18.1 Å². The lowest BCUT2D eigenvalue weighted by Crippen LogP contribution is -2.22. The number of nitriles is 1. The highest BCUT2D eigenvalue weighted by Gasteiger charge is 2.26. The molecule has 0 saturated carbocycles. The molecule has 0 aliphatic carbocycles. The van der Waals surface area contributed by atoms with Gasteiger partial charge < -0.3 is 10.2 Å². The smallest absolute Gasteiger partial charge is 0.115 e. The molecule has 0 fully saturated rings. The minimum Gasteiger partial charge on any atom is -0.508 e. The van der Waals surface area contributed by atoms with Gasteiger partial charge in [0, 0.05) is 0 Å². The fraction of sp³-hybridized carbons (Fsp3) is 0.188. The largest absolute Gasteiger partial charge is 0.508 e. The van der Waals surface area contributed by atoms with E-state index in [9.17, 15) is 15.5 Å². The van der Waals surface area contributed by atoms with E-state index in [1.54, 1.807) is 36.4 Å². The van der Waals surface area contributed by atoms with Crippen LogP contribution in [0.4, 0.5) is 0 Å². The Morgan fingerprint density at radius 3 is 1.89 bits per heavy atom. The SMILES string of the molecule is C[C@@](C#N)(Cc1ccc(O)cc1)c1ccc(O)cc1. The van der Waals surface area contributed by atoms with Crippen LogP contribution in [0.3, 0.4) is 0 Å². The Hall–Kier alpha value is -2.47. The lowest BCUT2D eigenvalue weighted by Gasteiger charge is -2.22. The van der Waals surface area contributed by atoms with Crippen LogP contribution in [-0.4, -0.2) is 10.2 Å². The lowest BCUT2D eigenvalue weighted by atomic mass is 9.78. The molecule has 0 aliphatic rings. The van der Waals surface area contributed by atoms with Crippen molar-refractivity contribution in [2.24, 2.45) is 0 Å². The number of hydrogen-bond acceptors (Lipinski definition) is 3. The summed E-state index contributed by atoms with van der Waals surface area (Å²) in [5.74, 6) is 0.403. The molecular formula is C16H15NO2. The molecule has 2 N–H and O–H groups in total. The molecule has 0 aliphatic heterocycles. The molecule has 0 heterocycles. The third kappa shape index (κ3) is 2.86. The van der Waals surface area contributed by atoms with Gasteiger partial charge in [-0.15, -0.1) is 0 Å². The zero-order chi connectivity index (χ0) is 13.9. The molecule has 19 heavy (non-hydrogen) atoms. The zero-order valence-electron chi connectivity index (χ0n) is 10.7. The van der Waals surface area contributed by atoms with Gasteiger partial charge >= 0.3 is 0 Å². The van der Waals surface area contributed by atoms with E-state index in [0.717, 1.165) is 11.1 Å². The molecule has 2 rings (SSSR count). The molecule has 0 bridgehead atoms. The summed E-state index contributed by atoms with van der Waals surface area (Å²) in [6.45, 7) is 1.87. The Morgan fingerprint density at radius 2 is 1.42 bits per heavy atom. The van der Waals surface area contributed by atoms with E-state index in [0.29, 0.717) is 6.42 Å². The summed E-state index contributed by atoms with van der Waals surface area (Å²) in [5.41, 5.74) is 1.18. The highest BCUT2D eigenvalue weighted by molar-refractivity contribution is 5.38. The maximum absolute atomic E-state index is 9.46. The van der Waals surface area contributed by atoms with Crippen molar-refractivity contribution in [3.63, 3.8) is 0 Å². The van der Waals surface area contributed by atoms with Crippen molar-refractivity contribution in [1.29, 1.82) is 5.26 Å². The van der Waals surface area contributed by atoms with Gasteiger partial charge in [-0.3, -0.25) is 0 Å². The first kappa shape index (κ1) is 13.0. The molecule has 1 atom stereocenters. The van der Waals surface area contributed by atoms with Gasteiger partial charge in [-0.1, -0.05) is 24.3 Å². The van der Waals surface area contributed by atoms with Crippen LogP contribution < -0.4 is 0 Å². The van der Waals surface area contributed by atoms with Crippen molar-refractivity contribution in [3.8, 4) is 17.6 Å². The molecule has 3 heteroatoms. The van der Waals surface area contributed by atoms with Crippen LogP contribution in [0.5, 0.6) is 11.5 Å². The van der Waals surface area contributed by atoms with Crippen molar-refractivity contribution < 1.29 is 10.2 Å². The number of rotatable bonds is 3. The van der Waals surface area contributed by atoms with Crippen LogP contribution in [0.2, 0.25) is 0 Å². The van der Waals surface area contributed by atoms with Crippen molar-refractivity contribution in [2.75, 3.05) is 0 Å². The van der Waals surface area contributed by atoms with E-state index in [1.807, 2.05) is 19.1 Å². The van der Waals surface area contributed by atoms with Crippen LogP contribution in [0.25, 0.3) is 0 Å². The van der Waals surface area contributed by atoms with E-state index in [-0.39, 0.29) is 11.5 Å². The van der Waals surface area contributed by atoms with Crippen LogP contribution in [-0.2, 0) is 11.8 Å². The summed E-state index contributed by atoms with van der Waals surface area (Å²) in [5, 5.41) is 28.0. The first-order valence-electron chi connectivity index (χ1n) is 6.02. The number of aromatic hydroxyl groups is 2. The molecule has 0 unspecified atom stereocenters. The van der Waals surface area contributed by atoms with Crippen molar-refractivity contribution in [2.45, 2.75) is 18.8 Å². The van der Waals surface area contributed by atoms with Crippen molar-refractivity contribution in [3.05, 3.63) is 59.7 Å². The molecule has 2 aromatic rings. The second-order valence-corrected chi connectivity index (χ2v) is 4.83. The standard InChI is InChI=1S/C16H15NO2/c1-16(11-17,13-4-8-15(19)9-5-13)10-12-2-6-14(18)7-3-12/h2-9,18-19H,10H2,1H3/t16-/m0/s1. The quantitative estimate of drug-likeness (QED) is 0.883. The fourth-order valence-corrected chi connectivity index (χ4v) is 2.06. The maximum atomic E-state index is 9.46. The van der Waals surface area contributed by atoms with E-state index in [1.165, 1.54) is 0 Å². The Labute approximate surface area is 112 Å². The van der Waals surface area contributed by atoms with Gasteiger partial charge in [0.05, 0.1) is 11.5 Å². The normalized spacial score (nSPS) is 13.5. The summed E-state index contributed by atoms with van der Waals surface area (Å²) in [4.78, 5) is 0. The summed E-state index contributed by atoms with van der Waals surface area (Å²) >= 11 is 0. The second-order valence-electron chi connectivity index (χ2n) is 4.83. The van der Waals surface area contributed by atoms with E-state index in [2.05, 4.69) is 6.07 Å². The fourth-order valence-electron chi connectivity index (χ4n) is 2.06.